The molecule has 7 heteroatoms. The van der Waals surface area contributed by atoms with E-state index < -0.39 is 0 Å². The van der Waals surface area contributed by atoms with Gasteiger partial charge in [0.05, 0.1) is 29.8 Å². The molecule has 0 aliphatic heterocycles. The molecule has 0 atom stereocenters. The third kappa shape index (κ3) is 4.65. The molecule has 1 fully saturated rings. The van der Waals surface area contributed by atoms with Crippen LogP contribution in [0.25, 0.3) is 22.2 Å². The second-order valence-electron chi connectivity index (χ2n) is 9.57. The van der Waals surface area contributed by atoms with E-state index >= 15 is 0 Å². The molecule has 2 aromatic heterocycles. The number of rotatable bonds is 9. The summed E-state index contributed by atoms with van der Waals surface area (Å²) in [6.45, 7) is 1.74. The monoisotopic (exact) mass is 495 g/mol. The summed E-state index contributed by atoms with van der Waals surface area (Å²) in [6.07, 6.45) is 9.01. The number of nitrogen functional groups attached to an aromatic ring is 1. The van der Waals surface area contributed by atoms with Crippen LogP contribution in [-0.4, -0.2) is 20.7 Å². The van der Waals surface area contributed by atoms with Crippen molar-refractivity contribution < 1.29 is 9.13 Å². The molecule has 0 saturated heterocycles. The topological polar surface area (TPSA) is 70.0 Å². The van der Waals surface area contributed by atoms with E-state index in [9.17, 15) is 4.39 Å². The number of nitrogens with two attached hydrogens (primary N) is 1. The zero-order valence-electron chi connectivity index (χ0n) is 20.6. The first kappa shape index (κ1) is 23.2. The van der Waals surface area contributed by atoms with Gasteiger partial charge in [-0.25, -0.2) is 9.37 Å². The highest BCUT2D eigenvalue weighted by Crippen LogP contribution is 2.45. The van der Waals surface area contributed by atoms with Crippen molar-refractivity contribution in [1.82, 2.24) is 14.1 Å². The minimum absolute atomic E-state index is 0.200. The van der Waals surface area contributed by atoms with Gasteiger partial charge in [0.2, 0.25) is 0 Å². The van der Waals surface area contributed by atoms with Crippen molar-refractivity contribution >= 4 is 22.3 Å². The number of imidazole rings is 1. The fraction of sp³-hybridized carbons (Fsp3) is 0.233. The average molecular weight is 496 g/mol. The smallest absolute Gasteiger partial charge is 0.128 e. The molecule has 0 amide bonds. The van der Waals surface area contributed by atoms with Crippen LogP contribution in [0.5, 0.6) is 5.75 Å². The number of benzene rings is 3. The first-order chi connectivity index (χ1) is 18.2. The Kier molecular flexibility index (Phi) is 6.26. The molecule has 0 radical (unpaired) electrons. The lowest BCUT2D eigenvalue weighted by molar-refractivity contribution is 0.298. The third-order valence-electron chi connectivity index (χ3n) is 7.23. The molecule has 3 aromatic carbocycles. The number of hydrogen-bond acceptors (Lipinski definition) is 4. The molecule has 0 unspecified atom stereocenters. The maximum atomic E-state index is 14.0. The van der Waals surface area contributed by atoms with Crippen LogP contribution >= 0.6 is 0 Å². The number of nitrogens with one attached hydrogen (secondary N) is 1. The van der Waals surface area contributed by atoms with Crippen LogP contribution in [0.1, 0.15) is 30.9 Å². The normalized spacial score (nSPS) is 13.5. The molecular formula is C30H30FN5O. The fourth-order valence-corrected chi connectivity index (χ4v) is 5.00. The van der Waals surface area contributed by atoms with Crippen molar-refractivity contribution in [3.8, 4) is 17.0 Å². The number of ether oxygens (including phenoxy) is 1. The highest BCUT2D eigenvalue weighted by atomic mass is 19.1. The van der Waals surface area contributed by atoms with E-state index in [1.807, 2.05) is 35.0 Å². The molecule has 6 nitrogen and oxygen atoms in total. The Morgan fingerprint density at radius 1 is 1.05 bits per heavy atom. The van der Waals surface area contributed by atoms with Gasteiger partial charge >= 0.3 is 0 Å². The zero-order valence-corrected chi connectivity index (χ0v) is 20.6. The van der Waals surface area contributed by atoms with Gasteiger partial charge in [-0.15, -0.1) is 0 Å². The van der Waals surface area contributed by atoms with Crippen molar-refractivity contribution in [3.63, 3.8) is 0 Å². The van der Waals surface area contributed by atoms with Crippen LogP contribution in [0.15, 0.2) is 85.5 Å². The standard InChI is InChI=1S/C30H30FN5O/c31-27-7-2-1-4-22(27)19-34-23-10-8-21(9-11-23)30-29(32)26-13-12-25(37-17-16-35-15-14-33-20-35)18-28(26)36(30)24-5-3-6-24/h1-2,4,7-15,18,20,24,34H,3,5-6,16-17,19,32H2. The summed E-state index contributed by atoms with van der Waals surface area (Å²) >= 11 is 0. The summed E-state index contributed by atoms with van der Waals surface area (Å²) in [7, 11) is 0. The molecule has 0 bridgehead atoms. The maximum Gasteiger partial charge on any atom is 0.128 e. The summed E-state index contributed by atoms with van der Waals surface area (Å²) in [5.74, 6) is 0.638. The van der Waals surface area contributed by atoms with Gasteiger partial charge in [-0.1, -0.05) is 30.3 Å². The highest BCUT2D eigenvalue weighted by molar-refractivity contribution is 6.01. The van der Waals surface area contributed by atoms with Crippen LogP contribution < -0.4 is 15.8 Å². The van der Waals surface area contributed by atoms with Crippen molar-refractivity contribution in [2.75, 3.05) is 17.7 Å². The summed E-state index contributed by atoms with van der Waals surface area (Å²) in [4.78, 5) is 4.08. The van der Waals surface area contributed by atoms with E-state index in [2.05, 4.69) is 39.1 Å². The molecule has 2 heterocycles. The second-order valence-corrected chi connectivity index (χ2v) is 9.57. The summed E-state index contributed by atoms with van der Waals surface area (Å²) in [5.41, 5.74) is 12.4. The Balaban J connectivity index is 1.27. The Bertz CT molecular complexity index is 1500. The SMILES string of the molecule is Nc1c(-c2ccc(NCc3ccccc3F)cc2)n(C2CCC2)c2cc(OCCn3ccnc3)ccc12. The number of fused-ring (bicyclic) bond motifs is 1. The number of hydrogen-bond donors (Lipinski definition) is 2. The largest absolute Gasteiger partial charge is 0.492 e. The van der Waals surface area contributed by atoms with Crippen LogP contribution in [-0.2, 0) is 13.1 Å². The summed E-state index contributed by atoms with van der Waals surface area (Å²) in [6, 6.07) is 21.7. The Morgan fingerprint density at radius 2 is 1.89 bits per heavy atom. The van der Waals surface area contributed by atoms with E-state index in [0.717, 1.165) is 58.7 Å². The van der Waals surface area contributed by atoms with Crippen LogP contribution in [0.3, 0.4) is 0 Å². The molecule has 1 aliphatic rings. The molecule has 6 rings (SSSR count). The molecular weight excluding hydrogens is 465 g/mol. The Hall–Kier alpha value is -4.26. The first-order valence-electron chi connectivity index (χ1n) is 12.8. The molecule has 37 heavy (non-hydrogen) atoms. The summed E-state index contributed by atoms with van der Waals surface area (Å²) in [5, 5.41) is 4.37. The van der Waals surface area contributed by atoms with Gasteiger partial charge in [-0.05, 0) is 49.6 Å². The van der Waals surface area contributed by atoms with E-state index in [0.29, 0.717) is 24.8 Å². The zero-order chi connectivity index (χ0) is 25.2. The van der Waals surface area contributed by atoms with E-state index in [1.165, 1.54) is 12.5 Å². The quantitative estimate of drug-likeness (QED) is 0.240. The molecule has 1 saturated carbocycles. The predicted molar refractivity (Wildman–Crippen MR) is 146 cm³/mol. The van der Waals surface area contributed by atoms with Gasteiger partial charge in [0.15, 0.2) is 0 Å². The molecule has 188 valence electrons. The minimum atomic E-state index is -0.200. The van der Waals surface area contributed by atoms with Crippen LogP contribution in [0.2, 0.25) is 0 Å². The van der Waals surface area contributed by atoms with E-state index in [4.69, 9.17) is 10.5 Å². The lowest BCUT2D eigenvalue weighted by Crippen LogP contribution is -2.18. The van der Waals surface area contributed by atoms with Crippen molar-refractivity contribution in [3.05, 3.63) is 96.8 Å². The van der Waals surface area contributed by atoms with E-state index in [1.54, 1.807) is 24.7 Å². The fourth-order valence-electron chi connectivity index (χ4n) is 5.00. The van der Waals surface area contributed by atoms with Crippen molar-refractivity contribution in [2.45, 2.75) is 38.4 Å². The number of anilines is 2. The lowest BCUT2D eigenvalue weighted by Gasteiger charge is -2.30. The number of halogens is 1. The van der Waals surface area contributed by atoms with Gasteiger partial charge in [0.1, 0.15) is 18.2 Å². The molecule has 5 aromatic rings. The minimum Gasteiger partial charge on any atom is -0.492 e. The van der Waals surface area contributed by atoms with Crippen LogP contribution in [0.4, 0.5) is 15.8 Å². The van der Waals surface area contributed by atoms with Gasteiger partial charge < -0.3 is 24.9 Å². The summed E-state index contributed by atoms with van der Waals surface area (Å²) < 4.78 is 24.5. The predicted octanol–water partition coefficient (Wildman–Crippen LogP) is 6.64. The van der Waals surface area contributed by atoms with Gasteiger partial charge in [-0.3, -0.25) is 0 Å². The van der Waals surface area contributed by atoms with Crippen molar-refractivity contribution in [1.29, 1.82) is 0 Å². The third-order valence-corrected chi connectivity index (χ3v) is 7.23. The molecule has 1 aliphatic carbocycles. The maximum absolute atomic E-state index is 14.0. The number of aromatic nitrogens is 3. The highest BCUT2D eigenvalue weighted by Gasteiger charge is 2.27. The number of nitrogens with zero attached hydrogens (tertiary/aromatic N) is 3. The Labute approximate surface area is 215 Å². The van der Waals surface area contributed by atoms with Crippen LogP contribution in [0, 0.1) is 5.82 Å². The average Bonchev–Trinajstić information content (AvgIpc) is 3.50. The second kappa shape index (κ2) is 10.0. The van der Waals surface area contributed by atoms with Crippen molar-refractivity contribution in [2.24, 2.45) is 0 Å². The van der Waals surface area contributed by atoms with Gasteiger partial charge in [0.25, 0.3) is 0 Å². The first-order valence-corrected chi connectivity index (χ1v) is 12.8. The van der Waals surface area contributed by atoms with Gasteiger partial charge in [0, 0.05) is 53.2 Å². The Morgan fingerprint density at radius 3 is 2.62 bits per heavy atom. The lowest BCUT2D eigenvalue weighted by atomic mass is 9.92. The molecule has 0 spiro atoms. The van der Waals surface area contributed by atoms with E-state index in [-0.39, 0.29) is 5.82 Å². The van der Waals surface area contributed by atoms with Gasteiger partial charge in [-0.2, -0.15) is 0 Å². The molecule has 3 N–H and O–H groups in total.